The van der Waals surface area contributed by atoms with E-state index in [0.29, 0.717) is 5.88 Å². The highest BCUT2D eigenvalue weighted by Gasteiger charge is 2.25. The molecule has 104 valence electrons. The topological polar surface area (TPSA) is 17.8 Å². The molecule has 0 radical (unpaired) electrons. The van der Waals surface area contributed by atoms with Gasteiger partial charge in [0.25, 0.3) is 0 Å². The van der Waals surface area contributed by atoms with Crippen molar-refractivity contribution in [3.05, 3.63) is 29.0 Å². The van der Waals surface area contributed by atoms with Crippen LogP contribution in [0.4, 0.5) is 0 Å². The van der Waals surface area contributed by atoms with E-state index in [1.54, 1.807) is 0 Å². The van der Waals surface area contributed by atoms with Crippen LogP contribution in [0.5, 0.6) is 0 Å². The standard InChI is InChI=1S/C15H20Cl2N2/c1-4-8-15(2,3)19-13-10-11(17)5-6-12(13)18-14(19)7-9-16/h5-6,10H,4,7-9H2,1-3H3. The minimum absolute atomic E-state index is 0.0234. The zero-order valence-electron chi connectivity index (χ0n) is 11.7. The summed E-state index contributed by atoms with van der Waals surface area (Å²) >= 11 is 12.1. The van der Waals surface area contributed by atoms with Gasteiger partial charge in [0, 0.05) is 22.9 Å². The normalized spacial score (nSPS) is 12.3. The van der Waals surface area contributed by atoms with Crippen LogP contribution in [0, 0.1) is 0 Å². The molecule has 2 rings (SSSR count). The Hall–Kier alpha value is -0.730. The summed E-state index contributed by atoms with van der Waals surface area (Å²) in [5, 5.41) is 0.748. The Morgan fingerprint density at radius 1 is 1.32 bits per heavy atom. The molecule has 1 aromatic heterocycles. The van der Waals surface area contributed by atoms with Crippen molar-refractivity contribution >= 4 is 34.2 Å². The number of hydrogen-bond acceptors (Lipinski definition) is 1. The number of fused-ring (bicyclic) bond motifs is 1. The van der Waals surface area contributed by atoms with Gasteiger partial charge in [-0.25, -0.2) is 4.98 Å². The third-order valence-corrected chi connectivity index (χ3v) is 3.90. The van der Waals surface area contributed by atoms with Crippen molar-refractivity contribution in [3.63, 3.8) is 0 Å². The lowest BCUT2D eigenvalue weighted by molar-refractivity contribution is 0.324. The van der Waals surface area contributed by atoms with Gasteiger partial charge in [-0.15, -0.1) is 11.6 Å². The van der Waals surface area contributed by atoms with E-state index in [1.807, 2.05) is 18.2 Å². The maximum absolute atomic E-state index is 6.14. The predicted molar refractivity (Wildman–Crippen MR) is 83.4 cm³/mol. The highest BCUT2D eigenvalue weighted by molar-refractivity contribution is 6.31. The summed E-state index contributed by atoms with van der Waals surface area (Å²) in [6.45, 7) is 6.70. The molecule has 0 atom stereocenters. The van der Waals surface area contributed by atoms with Gasteiger partial charge in [-0.2, -0.15) is 0 Å². The molecule has 0 aliphatic heterocycles. The van der Waals surface area contributed by atoms with Crippen LogP contribution in [0.25, 0.3) is 11.0 Å². The molecule has 0 aliphatic rings. The third kappa shape index (κ3) is 2.90. The number of aromatic nitrogens is 2. The fraction of sp³-hybridized carbons (Fsp3) is 0.533. The summed E-state index contributed by atoms with van der Waals surface area (Å²) in [4.78, 5) is 4.71. The quantitative estimate of drug-likeness (QED) is 0.710. The molecule has 2 aromatic rings. The molecule has 0 saturated heterocycles. The van der Waals surface area contributed by atoms with E-state index in [4.69, 9.17) is 28.2 Å². The average molecular weight is 299 g/mol. The average Bonchev–Trinajstić information content (AvgIpc) is 2.67. The number of imidazole rings is 1. The number of rotatable bonds is 5. The van der Waals surface area contributed by atoms with Crippen LogP contribution in [0.15, 0.2) is 18.2 Å². The van der Waals surface area contributed by atoms with E-state index in [0.717, 1.165) is 41.1 Å². The van der Waals surface area contributed by atoms with Crippen LogP contribution < -0.4 is 0 Å². The summed E-state index contributed by atoms with van der Waals surface area (Å²) in [6, 6.07) is 5.87. The highest BCUT2D eigenvalue weighted by Crippen LogP contribution is 2.30. The molecule has 0 spiro atoms. The Morgan fingerprint density at radius 3 is 2.68 bits per heavy atom. The van der Waals surface area contributed by atoms with Crippen LogP contribution >= 0.6 is 23.2 Å². The molecule has 0 N–H and O–H groups in total. The van der Waals surface area contributed by atoms with Gasteiger partial charge in [-0.1, -0.05) is 24.9 Å². The molecule has 0 amide bonds. The Labute approximate surface area is 124 Å². The van der Waals surface area contributed by atoms with Crippen LogP contribution in [-0.2, 0) is 12.0 Å². The predicted octanol–water partition coefficient (Wildman–Crippen LogP) is 5.01. The van der Waals surface area contributed by atoms with Crippen molar-refractivity contribution in [3.8, 4) is 0 Å². The number of halogens is 2. The lowest BCUT2D eigenvalue weighted by Gasteiger charge is -2.29. The fourth-order valence-electron chi connectivity index (χ4n) is 2.75. The number of benzene rings is 1. The van der Waals surface area contributed by atoms with Gasteiger partial charge >= 0.3 is 0 Å². The molecule has 1 aromatic carbocycles. The van der Waals surface area contributed by atoms with Crippen molar-refractivity contribution in [1.82, 2.24) is 9.55 Å². The van der Waals surface area contributed by atoms with E-state index in [2.05, 4.69) is 25.3 Å². The van der Waals surface area contributed by atoms with Gasteiger partial charge in [-0.05, 0) is 38.5 Å². The minimum atomic E-state index is 0.0234. The number of aryl methyl sites for hydroxylation is 1. The van der Waals surface area contributed by atoms with Gasteiger partial charge in [0.1, 0.15) is 5.82 Å². The zero-order valence-corrected chi connectivity index (χ0v) is 13.2. The lowest BCUT2D eigenvalue weighted by atomic mass is 9.98. The zero-order chi connectivity index (χ0) is 14.0. The smallest absolute Gasteiger partial charge is 0.111 e. The molecular formula is C15H20Cl2N2. The van der Waals surface area contributed by atoms with Gasteiger partial charge in [0.15, 0.2) is 0 Å². The van der Waals surface area contributed by atoms with E-state index in [9.17, 15) is 0 Å². The highest BCUT2D eigenvalue weighted by atomic mass is 35.5. The molecule has 0 saturated carbocycles. The Morgan fingerprint density at radius 2 is 2.05 bits per heavy atom. The Balaban J connectivity index is 2.66. The number of nitrogens with zero attached hydrogens (tertiary/aromatic N) is 2. The second-order valence-corrected chi connectivity index (χ2v) is 6.31. The van der Waals surface area contributed by atoms with Crippen LogP contribution in [0.2, 0.25) is 5.02 Å². The maximum atomic E-state index is 6.14. The molecule has 0 unspecified atom stereocenters. The fourth-order valence-corrected chi connectivity index (χ4v) is 3.08. The van der Waals surface area contributed by atoms with Gasteiger partial charge in [0.05, 0.1) is 11.0 Å². The molecule has 0 bridgehead atoms. The Bertz CT molecular complexity index is 573. The first kappa shape index (κ1) is 14.7. The lowest BCUT2D eigenvalue weighted by Crippen LogP contribution is -2.28. The first-order valence-electron chi connectivity index (χ1n) is 6.73. The van der Waals surface area contributed by atoms with Crippen molar-refractivity contribution in [2.24, 2.45) is 0 Å². The molecular weight excluding hydrogens is 279 g/mol. The van der Waals surface area contributed by atoms with Gasteiger partial charge in [0.2, 0.25) is 0 Å². The van der Waals surface area contributed by atoms with Gasteiger partial charge < -0.3 is 4.57 Å². The number of alkyl halides is 1. The van der Waals surface area contributed by atoms with E-state index in [1.165, 1.54) is 0 Å². The van der Waals surface area contributed by atoms with Gasteiger partial charge in [-0.3, -0.25) is 0 Å². The van der Waals surface area contributed by atoms with Crippen molar-refractivity contribution in [2.75, 3.05) is 5.88 Å². The summed E-state index contributed by atoms with van der Waals surface area (Å²) < 4.78 is 2.31. The Kier molecular flexibility index (Phi) is 4.42. The number of hydrogen-bond donors (Lipinski definition) is 0. The third-order valence-electron chi connectivity index (χ3n) is 3.47. The van der Waals surface area contributed by atoms with Crippen molar-refractivity contribution < 1.29 is 0 Å². The van der Waals surface area contributed by atoms with E-state index >= 15 is 0 Å². The maximum Gasteiger partial charge on any atom is 0.111 e. The second-order valence-electron chi connectivity index (χ2n) is 5.50. The first-order valence-corrected chi connectivity index (χ1v) is 7.64. The molecule has 0 fully saturated rings. The van der Waals surface area contributed by atoms with Crippen LogP contribution in [-0.4, -0.2) is 15.4 Å². The minimum Gasteiger partial charge on any atom is -0.322 e. The van der Waals surface area contributed by atoms with Crippen LogP contribution in [0.1, 0.15) is 39.4 Å². The summed E-state index contributed by atoms with van der Waals surface area (Å²) in [5.41, 5.74) is 2.12. The summed E-state index contributed by atoms with van der Waals surface area (Å²) in [6.07, 6.45) is 3.01. The van der Waals surface area contributed by atoms with Crippen molar-refractivity contribution in [2.45, 2.75) is 45.6 Å². The molecule has 0 aliphatic carbocycles. The summed E-state index contributed by atoms with van der Waals surface area (Å²) in [5.74, 6) is 1.63. The molecule has 19 heavy (non-hydrogen) atoms. The van der Waals surface area contributed by atoms with E-state index in [-0.39, 0.29) is 5.54 Å². The summed E-state index contributed by atoms with van der Waals surface area (Å²) in [7, 11) is 0. The first-order chi connectivity index (χ1) is 8.99. The monoisotopic (exact) mass is 298 g/mol. The molecule has 4 heteroatoms. The van der Waals surface area contributed by atoms with Crippen LogP contribution in [0.3, 0.4) is 0 Å². The second kappa shape index (κ2) is 5.72. The largest absolute Gasteiger partial charge is 0.322 e. The van der Waals surface area contributed by atoms with Crippen molar-refractivity contribution in [1.29, 1.82) is 0 Å². The molecule has 1 heterocycles. The SMILES string of the molecule is CCCC(C)(C)n1c(CCCl)nc2ccc(Cl)cc21. The molecule has 2 nitrogen and oxygen atoms in total. The van der Waals surface area contributed by atoms with E-state index < -0.39 is 0 Å².